The topological polar surface area (TPSA) is 351 Å². The van der Waals surface area contributed by atoms with E-state index >= 15 is 0 Å². The van der Waals surface area contributed by atoms with Gasteiger partial charge in [0.2, 0.25) is 5.43 Å². The highest BCUT2D eigenvalue weighted by Gasteiger charge is 2.41. The Kier molecular flexibility index (Phi) is 9.77. The average molecular weight is 869 g/mol. The summed E-state index contributed by atoms with van der Waals surface area (Å²) in [6.45, 7) is 0. The van der Waals surface area contributed by atoms with Gasteiger partial charge in [-0.25, -0.2) is 9.59 Å². The number of ether oxygens (including phenoxy) is 4. The molecule has 6 aromatic carbocycles. The third-order valence-electron chi connectivity index (χ3n) is 10.6. The van der Waals surface area contributed by atoms with Crippen LogP contribution in [0.5, 0.6) is 86.2 Å². The molecule has 0 spiro atoms. The average Bonchev–Trinajstić information content (AvgIpc) is 3.35. The second-order valence-electron chi connectivity index (χ2n) is 14.6. The molecule has 63 heavy (non-hydrogen) atoms. The SMILES string of the molecule is O=C(OC1Oc2c(O)cc(O)cc2CC1c1cc(O)c(=O)c2c(O)c(O)cc([C@H]3Oc4cc(O)cc(O)c4C[C@H]3OC(=O)c3cc(O)c(O)c(O)c3)c2c1)c1cc(O)c(O)c(O)c1. The highest BCUT2D eigenvalue weighted by molar-refractivity contribution is 5.95. The van der Waals surface area contributed by atoms with E-state index in [4.69, 9.17) is 18.9 Å². The molecule has 2 aliphatic rings. The van der Waals surface area contributed by atoms with Crippen molar-refractivity contribution in [2.75, 3.05) is 0 Å². The molecule has 0 saturated carbocycles. The van der Waals surface area contributed by atoms with Crippen molar-refractivity contribution in [2.45, 2.75) is 37.3 Å². The Morgan fingerprint density at radius 3 is 1.71 bits per heavy atom. The summed E-state index contributed by atoms with van der Waals surface area (Å²) >= 11 is 0. The molecule has 4 atom stereocenters. The second-order valence-corrected chi connectivity index (χ2v) is 14.6. The molecule has 0 radical (unpaired) electrons. The molecule has 0 saturated heterocycles. The van der Waals surface area contributed by atoms with Crippen LogP contribution < -0.4 is 14.9 Å². The zero-order valence-corrected chi connectivity index (χ0v) is 31.7. The van der Waals surface area contributed by atoms with E-state index < -0.39 is 139 Å². The van der Waals surface area contributed by atoms with Crippen LogP contribution in [0, 0.1) is 0 Å². The molecular weight excluding hydrogens is 836 g/mol. The maximum Gasteiger partial charge on any atom is 0.341 e. The fourth-order valence-corrected chi connectivity index (χ4v) is 7.58. The van der Waals surface area contributed by atoms with Crippen LogP contribution in [0.4, 0.5) is 0 Å². The van der Waals surface area contributed by atoms with E-state index in [0.29, 0.717) is 0 Å². The molecule has 0 aliphatic carbocycles. The number of phenolic OH excluding ortho intramolecular Hbond substituents is 12. The molecule has 0 fully saturated rings. The van der Waals surface area contributed by atoms with Crippen LogP contribution in [0.3, 0.4) is 0 Å². The second kappa shape index (κ2) is 15.0. The number of benzene rings is 5. The van der Waals surface area contributed by atoms with E-state index in [1.807, 2.05) is 0 Å². The normalized spacial score (nSPS) is 17.7. The minimum atomic E-state index is -1.81. The summed E-state index contributed by atoms with van der Waals surface area (Å²) in [6.07, 6.45) is -5.72. The number of fused-ring (bicyclic) bond motifs is 3. The van der Waals surface area contributed by atoms with Crippen molar-refractivity contribution in [2.24, 2.45) is 0 Å². The molecule has 8 rings (SSSR count). The van der Waals surface area contributed by atoms with Gasteiger partial charge in [0, 0.05) is 41.3 Å². The molecule has 2 heterocycles. The first kappa shape index (κ1) is 40.9. The highest BCUT2D eigenvalue weighted by atomic mass is 16.7. The fourth-order valence-electron chi connectivity index (χ4n) is 7.58. The lowest BCUT2D eigenvalue weighted by Crippen LogP contribution is -2.36. The first-order valence-corrected chi connectivity index (χ1v) is 18.4. The number of hydrogen-bond donors (Lipinski definition) is 13. The van der Waals surface area contributed by atoms with Crippen molar-refractivity contribution in [1.82, 2.24) is 0 Å². The van der Waals surface area contributed by atoms with E-state index in [0.717, 1.165) is 54.6 Å². The number of rotatable bonds is 6. The Labute approximate surface area is 351 Å². The predicted octanol–water partition coefficient (Wildman–Crippen LogP) is 4.18. The van der Waals surface area contributed by atoms with Crippen LogP contribution in [0.2, 0.25) is 0 Å². The number of carbonyl (C=O) groups excluding carboxylic acids is 2. The predicted molar refractivity (Wildman–Crippen MR) is 210 cm³/mol. The molecule has 20 heteroatoms. The number of esters is 2. The van der Waals surface area contributed by atoms with E-state index in [1.54, 1.807) is 0 Å². The molecule has 0 amide bonds. The van der Waals surface area contributed by atoms with Crippen molar-refractivity contribution >= 4 is 22.7 Å². The standard InChI is InChI=1S/C43H32O20/c44-18-1-15-3-20(43(62-39(15)31(53)10-18)63-42(59)17-7-27(49)36(55)28(50)8-17)14-2-21-22(12-30(52)38(57)34(21)37(56)29(51)4-14)40-33(13-23-24(46)9-19(45)11-32(23)60-40)61-41(58)16-5-25(47)35(54)26(48)6-16/h1-2,4-12,20,33,40,43-50,52-55,57H,3,13H2,(H,51,56)/t20?,33-,40-,43?/m1/s1. The number of carbonyl (C=O) groups is 2. The summed E-state index contributed by atoms with van der Waals surface area (Å²) in [5, 5.41) is 135. The third kappa shape index (κ3) is 7.19. The molecule has 2 aliphatic heterocycles. The summed E-state index contributed by atoms with van der Waals surface area (Å²) in [5.41, 5.74) is -2.49. The minimum Gasteiger partial charge on any atom is -0.508 e. The Hall–Kier alpha value is -8.81. The van der Waals surface area contributed by atoms with Gasteiger partial charge >= 0.3 is 11.9 Å². The van der Waals surface area contributed by atoms with Crippen LogP contribution >= 0.6 is 0 Å². The molecule has 324 valence electrons. The van der Waals surface area contributed by atoms with Crippen molar-refractivity contribution in [3.63, 3.8) is 0 Å². The van der Waals surface area contributed by atoms with Gasteiger partial charge < -0.3 is 85.3 Å². The van der Waals surface area contributed by atoms with Gasteiger partial charge in [0.25, 0.3) is 6.29 Å². The number of aromatic hydroxyl groups is 13. The lowest BCUT2D eigenvalue weighted by atomic mass is 9.87. The summed E-state index contributed by atoms with van der Waals surface area (Å²) < 4.78 is 23.6. The molecule has 13 N–H and O–H groups in total. The van der Waals surface area contributed by atoms with E-state index in [1.165, 1.54) is 12.1 Å². The van der Waals surface area contributed by atoms with Gasteiger partial charge in [0.1, 0.15) is 29.1 Å². The largest absolute Gasteiger partial charge is 0.508 e. The Morgan fingerprint density at radius 1 is 0.540 bits per heavy atom. The fraction of sp³-hybridized carbons (Fsp3) is 0.140. The first-order valence-electron chi connectivity index (χ1n) is 18.4. The van der Waals surface area contributed by atoms with E-state index in [9.17, 15) is 80.8 Å². The van der Waals surface area contributed by atoms with Crippen LogP contribution in [-0.4, -0.2) is 90.7 Å². The lowest BCUT2D eigenvalue weighted by molar-refractivity contribution is -0.0713. The number of hydrogen-bond acceptors (Lipinski definition) is 20. The van der Waals surface area contributed by atoms with Gasteiger partial charge in [-0.2, -0.15) is 0 Å². The van der Waals surface area contributed by atoms with Crippen molar-refractivity contribution < 1.29 is 94.9 Å². The first-order chi connectivity index (χ1) is 29.8. The maximum atomic E-state index is 14.0. The van der Waals surface area contributed by atoms with Crippen LogP contribution in [-0.2, 0) is 22.3 Å². The van der Waals surface area contributed by atoms with Gasteiger partial charge in [-0.05, 0) is 65.9 Å². The van der Waals surface area contributed by atoms with Crippen LogP contribution in [0.1, 0.15) is 55.0 Å². The Balaban J connectivity index is 1.31. The van der Waals surface area contributed by atoms with Gasteiger partial charge in [0.15, 0.2) is 69.3 Å². The molecule has 6 aromatic rings. The Morgan fingerprint density at radius 2 is 1.10 bits per heavy atom. The highest BCUT2D eigenvalue weighted by Crippen LogP contribution is 2.49. The summed E-state index contributed by atoms with van der Waals surface area (Å²) in [6, 6.07) is 10.3. The zero-order chi connectivity index (χ0) is 45.3. The smallest absolute Gasteiger partial charge is 0.341 e. The minimum absolute atomic E-state index is 0.00316. The van der Waals surface area contributed by atoms with Gasteiger partial charge in [-0.1, -0.05) is 0 Å². The summed E-state index contributed by atoms with van der Waals surface area (Å²) in [7, 11) is 0. The molecule has 0 bridgehead atoms. The summed E-state index contributed by atoms with van der Waals surface area (Å²) in [4.78, 5) is 41.1. The quantitative estimate of drug-likeness (QED) is 0.0824. The van der Waals surface area contributed by atoms with Crippen molar-refractivity contribution in [3.05, 3.63) is 110 Å². The van der Waals surface area contributed by atoms with Crippen molar-refractivity contribution in [1.29, 1.82) is 0 Å². The molecule has 2 unspecified atom stereocenters. The Bertz CT molecular complexity index is 2950. The third-order valence-corrected chi connectivity index (χ3v) is 10.6. The van der Waals surface area contributed by atoms with Crippen LogP contribution in [0.15, 0.2) is 71.5 Å². The van der Waals surface area contributed by atoms with Gasteiger partial charge in [0.05, 0.1) is 22.4 Å². The zero-order valence-electron chi connectivity index (χ0n) is 31.7. The van der Waals surface area contributed by atoms with Gasteiger partial charge in [-0.3, -0.25) is 4.79 Å². The van der Waals surface area contributed by atoms with E-state index in [-0.39, 0.29) is 45.6 Å². The van der Waals surface area contributed by atoms with Crippen molar-refractivity contribution in [3.8, 4) is 86.2 Å². The maximum absolute atomic E-state index is 14.0. The lowest BCUT2D eigenvalue weighted by Gasteiger charge is -2.35. The van der Waals surface area contributed by atoms with E-state index in [2.05, 4.69) is 0 Å². The molecule has 20 nitrogen and oxygen atoms in total. The van der Waals surface area contributed by atoms with Gasteiger partial charge in [-0.15, -0.1) is 0 Å². The van der Waals surface area contributed by atoms with Crippen LogP contribution in [0.25, 0.3) is 10.8 Å². The molecule has 0 aromatic heterocycles. The number of phenols is 12. The summed E-state index contributed by atoms with van der Waals surface area (Å²) in [5.74, 6) is -14.7. The molecular formula is C43H32O20. The monoisotopic (exact) mass is 868 g/mol.